The van der Waals surface area contributed by atoms with Crippen LogP contribution in [0.25, 0.3) is 21.8 Å². The van der Waals surface area contributed by atoms with Crippen molar-refractivity contribution in [3.05, 3.63) is 123 Å². The van der Waals surface area contributed by atoms with Crippen molar-refractivity contribution >= 4 is 39.4 Å². The highest BCUT2D eigenvalue weighted by atomic mass is 16.3. The van der Waals surface area contributed by atoms with E-state index in [0.717, 1.165) is 66.5 Å². The van der Waals surface area contributed by atoms with E-state index in [-0.39, 0.29) is 62.8 Å². The summed E-state index contributed by atoms with van der Waals surface area (Å²) < 4.78 is 0. The second-order valence-corrected chi connectivity index (χ2v) is 24.1. The standard InChI is InChI=1S/C57H74N4O3/c1-52(2,3)37-25-34(49(62)42(28-37)55(10,11)12)31-60-47-40-21-19-23-58-45(40)46-41(22-20-24-59-46)48(47)61(32-35-26-38(53(4,5)6)29-43(50(35)63)56(13,14)15)33-36-27-39(54(7,8)9)30-44(51(36)64)57(16,17)18/h19-31,62-64H,32-33H2,1-18H3. The molecule has 0 aliphatic rings. The first-order chi connectivity index (χ1) is 29.3. The Balaban J connectivity index is 1.77. The quantitative estimate of drug-likeness (QED) is 0.109. The molecule has 0 saturated carbocycles. The van der Waals surface area contributed by atoms with Gasteiger partial charge in [0.15, 0.2) is 0 Å². The SMILES string of the molecule is CC(C)(C)c1cc(C=Nc2c(N(Cc3cc(C(C)(C)C)cc(C(C)(C)C)c3O)Cc3cc(C(C)(C)C)cc(C(C)(C)C)c3O)c3cccnc3c3ncccc23)c(O)c(C(C)(C)C)c1. The van der Waals surface area contributed by atoms with E-state index in [0.29, 0.717) is 16.8 Å². The van der Waals surface area contributed by atoms with Gasteiger partial charge in [-0.15, -0.1) is 0 Å². The van der Waals surface area contributed by atoms with Gasteiger partial charge in [-0.25, -0.2) is 0 Å². The fourth-order valence-electron chi connectivity index (χ4n) is 8.44. The normalized spacial score (nSPS) is 13.4. The number of aliphatic imine (C=N–C) groups is 1. The first kappa shape index (κ1) is 48.0. The Labute approximate surface area is 383 Å². The number of hydrogen-bond donors (Lipinski definition) is 3. The van der Waals surface area contributed by atoms with E-state index < -0.39 is 0 Å². The maximum absolute atomic E-state index is 12.4. The molecule has 0 aliphatic heterocycles. The van der Waals surface area contributed by atoms with Crippen LogP contribution < -0.4 is 4.90 Å². The first-order valence-electron chi connectivity index (χ1n) is 22.8. The Morgan fingerprint density at radius 1 is 0.484 bits per heavy atom. The molecule has 7 heteroatoms. The van der Waals surface area contributed by atoms with Crippen molar-refractivity contribution in [2.24, 2.45) is 4.99 Å². The Morgan fingerprint density at radius 2 is 0.859 bits per heavy atom. The summed E-state index contributed by atoms with van der Waals surface area (Å²) in [5.74, 6) is 0.703. The van der Waals surface area contributed by atoms with Crippen LogP contribution in [-0.4, -0.2) is 31.5 Å². The number of pyridine rings is 2. The van der Waals surface area contributed by atoms with Gasteiger partial charge in [-0.2, -0.15) is 0 Å². The van der Waals surface area contributed by atoms with Crippen molar-refractivity contribution in [3.8, 4) is 17.2 Å². The van der Waals surface area contributed by atoms with Crippen LogP contribution in [0.4, 0.5) is 11.4 Å². The number of aromatic nitrogens is 2. The number of phenols is 3. The van der Waals surface area contributed by atoms with E-state index in [4.69, 9.17) is 15.0 Å². The zero-order valence-electron chi connectivity index (χ0n) is 42.1. The molecule has 4 aromatic carbocycles. The monoisotopic (exact) mass is 863 g/mol. The second-order valence-electron chi connectivity index (χ2n) is 24.1. The maximum Gasteiger partial charge on any atom is 0.128 e. The molecule has 7 nitrogen and oxygen atoms in total. The molecule has 0 spiro atoms. The van der Waals surface area contributed by atoms with Crippen molar-refractivity contribution in [1.29, 1.82) is 0 Å². The van der Waals surface area contributed by atoms with Gasteiger partial charge in [0, 0.05) is 64.7 Å². The van der Waals surface area contributed by atoms with Crippen LogP contribution in [0.15, 0.2) is 78.0 Å². The van der Waals surface area contributed by atoms with Crippen LogP contribution in [0.3, 0.4) is 0 Å². The van der Waals surface area contributed by atoms with Gasteiger partial charge in [0.2, 0.25) is 0 Å². The van der Waals surface area contributed by atoms with E-state index in [1.54, 1.807) is 18.6 Å². The lowest BCUT2D eigenvalue weighted by molar-refractivity contribution is 0.434. The first-order valence-corrected chi connectivity index (χ1v) is 22.8. The largest absolute Gasteiger partial charge is 0.507 e. The average Bonchev–Trinajstić information content (AvgIpc) is 3.15. The van der Waals surface area contributed by atoms with Crippen molar-refractivity contribution in [2.75, 3.05) is 4.90 Å². The molecule has 3 N–H and O–H groups in total. The van der Waals surface area contributed by atoms with E-state index in [1.807, 2.05) is 24.3 Å². The molecule has 340 valence electrons. The summed E-state index contributed by atoms with van der Waals surface area (Å²) in [6.07, 6.45) is 5.36. The zero-order valence-corrected chi connectivity index (χ0v) is 42.1. The highest BCUT2D eigenvalue weighted by Gasteiger charge is 2.31. The molecule has 0 bridgehead atoms. The van der Waals surface area contributed by atoms with E-state index in [9.17, 15) is 15.3 Å². The van der Waals surface area contributed by atoms with E-state index in [2.05, 4.69) is 166 Å². The lowest BCUT2D eigenvalue weighted by Crippen LogP contribution is -2.26. The van der Waals surface area contributed by atoms with Gasteiger partial charge < -0.3 is 20.2 Å². The van der Waals surface area contributed by atoms with Crippen LogP contribution in [0.5, 0.6) is 17.2 Å². The molecule has 6 rings (SSSR count). The minimum atomic E-state index is -0.345. The average molecular weight is 863 g/mol. The van der Waals surface area contributed by atoms with Crippen LogP contribution in [-0.2, 0) is 45.6 Å². The van der Waals surface area contributed by atoms with Crippen molar-refractivity contribution < 1.29 is 15.3 Å². The lowest BCUT2D eigenvalue weighted by atomic mass is 9.78. The molecule has 0 atom stereocenters. The zero-order chi connectivity index (χ0) is 47.7. The van der Waals surface area contributed by atoms with Crippen LogP contribution in [0, 0.1) is 0 Å². The second kappa shape index (κ2) is 16.5. The number of nitrogens with zero attached hydrogens (tertiary/aromatic N) is 4. The fraction of sp³-hybridized carbons (Fsp3) is 0.456. The van der Waals surface area contributed by atoms with Crippen LogP contribution in [0.2, 0.25) is 0 Å². The van der Waals surface area contributed by atoms with Crippen LogP contribution >= 0.6 is 0 Å². The lowest BCUT2D eigenvalue weighted by Gasteiger charge is -2.33. The van der Waals surface area contributed by atoms with Gasteiger partial charge in [-0.05, 0) is 103 Å². The van der Waals surface area contributed by atoms with Crippen molar-refractivity contribution in [1.82, 2.24) is 9.97 Å². The third kappa shape index (κ3) is 9.79. The number of fused-ring (bicyclic) bond motifs is 3. The summed E-state index contributed by atoms with van der Waals surface area (Å²) in [5.41, 5.74) is 9.32. The molecule has 0 saturated heterocycles. The van der Waals surface area contributed by atoms with Crippen molar-refractivity contribution in [3.63, 3.8) is 0 Å². The number of anilines is 1. The molecule has 0 amide bonds. The molecule has 0 aliphatic carbocycles. The molecule has 0 unspecified atom stereocenters. The summed E-state index contributed by atoms with van der Waals surface area (Å²) in [6, 6.07) is 20.7. The van der Waals surface area contributed by atoms with E-state index >= 15 is 0 Å². The molecule has 2 heterocycles. The summed E-state index contributed by atoms with van der Waals surface area (Å²) in [5, 5.41) is 38.4. The van der Waals surface area contributed by atoms with Gasteiger partial charge in [0.25, 0.3) is 0 Å². The highest BCUT2D eigenvalue weighted by molar-refractivity contribution is 6.17. The number of rotatable bonds is 7. The molecule has 0 radical (unpaired) electrons. The fourth-order valence-corrected chi connectivity index (χ4v) is 8.44. The topological polar surface area (TPSA) is 102 Å². The summed E-state index contributed by atoms with van der Waals surface area (Å²) in [6.45, 7) is 39.5. The van der Waals surface area contributed by atoms with Gasteiger partial charge in [0.05, 0.1) is 22.4 Å². The Morgan fingerprint density at radius 3 is 1.27 bits per heavy atom. The predicted molar refractivity (Wildman–Crippen MR) is 271 cm³/mol. The Kier molecular flexibility index (Phi) is 12.4. The molecular formula is C57H74N4O3. The molecule has 6 aromatic rings. The molecule has 64 heavy (non-hydrogen) atoms. The Bertz CT molecular complexity index is 2670. The van der Waals surface area contributed by atoms with Gasteiger partial charge in [0.1, 0.15) is 17.2 Å². The van der Waals surface area contributed by atoms with Gasteiger partial charge >= 0.3 is 0 Å². The number of phenolic OH excluding ortho intramolecular Hbond substituents is 3. The third-order valence-corrected chi connectivity index (χ3v) is 12.5. The van der Waals surface area contributed by atoms with Gasteiger partial charge in [-0.1, -0.05) is 143 Å². The van der Waals surface area contributed by atoms with Crippen molar-refractivity contribution in [2.45, 2.75) is 170 Å². The number of hydrogen-bond acceptors (Lipinski definition) is 7. The molecular weight excluding hydrogens is 789 g/mol. The summed E-state index contributed by atoms with van der Waals surface area (Å²) in [4.78, 5) is 17.5. The molecule has 0 fully saturated rings. The maximum atomic E-state index is 12.4. The van der Waals surface area contributed by atoms with Crippen LogP contribution in [0.1, 0.15) is 175 Å². The predicted octanol–water partition coefficient (Wildman–Crippen LogP) is 14.6. The highest BCUT2D eigenvalue weighted by Crippen LogP contribution is 2.48. The molecule has 2 aromatic heterocycles. The minimum absolute atomic E-state index is 0.186. The number of aromatic hydroxyl groups is 3. The third-order valence-electron chi connectivity index (χ3n) is 12.5. The summed E-state index contributed by atoms with van der Waals surface area (Å²) >= 11 is 0. The van der Waals surface area contributed by atoms with E-state index in [1.165, 1.54) is 0 Å². The van der Waals surface area contributed by atoms with Gasteiger partial charge in [-0.3, -0.25) is 15.0 Å². The minimum Gasteiger partial charge on any atom is -0.507 e. The number of benzene rings is 4. The Hall–Kier alpha value is -5.43. The smallest absolute Gasteiger partial charge is 0.128 e. The summed E-state index contributed by atoms with van der Waals surface area (Å²) in [7, 11) is 0.